The van der Waals surface area contributed by atoms with E-state index in [9.17, 15) is 0 Å². The number of nitrogens with two attached hydrogens (primary N) is 1. The Balaban J connectivity index is 2.36. The van der Waals surface area contributed by atoms with Gasteiger partial charge in [0.15, 0.2) is 0 Å². The number of anilines is 1. The van der Waals surface area contributed by atoms with Crippen molar-refractivity contribution in [3.8, 4) is 0 Å². The van der Waals surface area contributed by atoms with Crippen molar-refractivity contribution < 1.29 is 0 Å². The van der Waals surface area contributed by atoms with Crippen LogP contribution in [0.4, 0.5) is 5.69 Å². The Morgan fingerprint density at radius 2 is 2.25 bits per heavy atom. The summed E-state index contributed by atoms with van der Waals surface area (Å²) in [5.74, 6) is 0.643. The highest BCUT2D eigenvalue weighted by Crippen LogP contribution is 2.38. The molecule has 0 amide bonds. The number of nitrogens with zero attached hydrogens (tertiary/aromatic N) is 1. The summed E-state index contributed by atoms with van der Waals surface area (Å²) >= 11 is 0. The summed E-state index contributed by atoms with van der Waals surface area (Å²) in [6.07, 6.45) is 5.72. The molecule has 2 nitrogen and oxygen atoms in total. The maximum absolute atomic E-state index is 5.93. The van der Waals surface area contributed by atoms with E-state index in [2.05, 4.69) is 4.98 Å². The number of pyridine rings is 1. The van der Waals surface area contributed by atoms with E-state index in [-0.39, 0.29) is 0 Å². The zero-order chi connectivity index (χ0) is 8.55. The molecule has 1 aromatic rings. The lowest BCUT2D eigenvalue weighted by Gasteiger charge is -2.26. The number of rotatable bonds is 1. The summed E-state index contributed by atoms with van der Waals surface area (Å²) in [6.45, 7) is 2.04. The molecule has 0 aromatic carbocycles. The third-order valence-electron chi connectivity index (χ3n) is 2.73. The minimum Gasteiger partial charge on any atom is -0.397 e. The van der Waals surface area contributed by atoms with Crippen LogP contribution < -0.4 is 5.73 Å². The normalized spacial score (nSPS) is 17.4. The van der Waals surface area contributed by atoms with Crippen LogP contribution in [0.25, 0.3) is 0 Å². The molecule has 2 N–H and O–H groups in total. The van der Waals surface area contributed by atoms with Gasteiger partial charge in [-0.05, 0) is 31.4 Å². The second-order valence-electron chi connectivity index (χ2n) is 3.55. The molecule has 2 heteroatoms. The Morgan fingerprint density at radius 1 is 1.50 bits per heavy atom. The maximum atomic E-state index is 5.93. The Labute approximate surface area is 72.8 Å². The quantitative estimate of drug-likeness (QED) is 0.687. The van der Waals surface area contributed by atoms with Crippen molar-refractivity contribution >= 4 is 5.69 Å². The standard InChI is InChI=1S/C10H14N2/c1-7-5-6-12-10(9(7)11)8-3-2-4-8/h5-6,8H,2-4,11H2,1H3. The molecular formula is C10H14N2. The van der Waals surface area contributed by atoms with Gasteiger partial charge < -0.3 is 5.73 Å². The molecule has 0 atom stereocenters. The molecule has 1 saturated carbocycles. The summed E-state index contributed by atoms with van der Waals surface area (Å²) in [5.41, 5.74) is 9.12. The van der Waals surface area contributed by atoms with Gasteiger partial charge in [0, 0.05) is 12.1 Å². The molecule has 0 saturated heterocycles. The van der Waals surface area contributed by atoms with Gasteiger partial charge in [0.2, 0.25) is 0 Å². The van der Waals surface area contributed by atoms with Crippen LogP contribution in [0, 0.1) is 6.92 Å². The van der Waals surface area contributed by atoms with Crippen LogP contribution in [0.15, 0.2) is 12.3 Å². The topological polar surface area (TPSA) is 38.9 Å². The van der Waals surface area contributed by atoms with E-state index in [1.807, 2.05) is 19.2 Å². The fourth-order valence-corrected chi connectivity index (χ4v) is 1.60. The van der Waals surface area contributed by atoms with Crippen molar-refractivity contribution in [3.63, 3.8) is 0 Å². The van der Waals surface area contributed by atoms with Gasteiger partial charge >= 0.3 is 0 Å². The highest BCUT2D eigenvalue weighted by molar-refractivity contribution is 5.51. The molecule has 1 heterocycles. The fourth-order valence-electron chi connectivity index (χ4n) is 1.60. The van der Waals surface area contributed by atoms with E-state index in [0.717, 1.165) is 16.9 Å². The van der Waals surface area contributed by atoms with Crippen molar-refractivity contribution in [3.05, 3.63) is 23.5 Å². The lowest BCUT2D eigenvalue weighted by molar-refractivity contribution is 0.412. The van der Waals surface area contributed by atoms with Crippen molar-refractivity contribution in [2.24, 2.45) is 0 Å². The van der Waals surface area contributed by atoms with Crippen molar-refractivity contribution in [1.82, 2.24) is 4.98 Å². The summed E-state index contributed by atoms with van der Waals surface area (Å²) in [4.78, 5) is 4.34. The van der Waals surface area contributed by atoms with Gasteiger partial charge in [-0.25, -0.2) is 0 Å². The molecule has 0 radical (unpaired) electrons. The summed E-state index contributed by atoms with van der Waals surface area (Å²) in [7, 11) is 0. The smallest absolute Gasteiger partial charge is 0.0666 e. The maximum Gasteiger partial charge on any atom is 0.0666 e. The highest BCUT2D eigenvalue weighted by atomic mass is 14.7. The van der Waals surface area contributed by atoms with Crippen LogP contribution in [-0.4, -0.2) is 4.98 Å². The van der Waals surface area contributed by atoms with Crippen LogP contribution >= 0.6 is 0 Å². The van der Waals surface area contributed by atoms with E-state index in [0.29, 0.717) is 5.92 Å². The average molecular weight is 162 g/mol. The minimum absolute atomic E-state index is 0.643. The zero-order valence-corrected chi connectivity index (χ0v) is 7.38. The van der Waals surface area contributed by atoms with Gasteiger partial charge in [0.25, 0.3) is 0 Å². The predicted octanol–water partition coefficient (Wildman–Crippen LogP) is 2.24. The van der Waals surface area contributed by atoms with E-state index in [4.69, 9.17) is 5.73 Å². The third kappa shape index (κ3) is 1.07. The Bertz CT molecular complexity index is 290. The van der Waals surface area contributed by atoms with Crippen LogP contribution in [0.5, 0.6) is 0 Å². The van der Waals surface area contributed by atoms with Gasteiger partial charge in [-0.15, -0.1) is 0 Å². The first-order valence-electron chi connectivity index (χ1n) is 4.50. The van der Waals surface area contributed by atoms with E-state index < -0.39 is 0 Å². The SMILES string of the molecule is Cc1ccnc(C2CCC2)c1N. The Morgan fingerprint density at radius 3 is 2.83 bits per heavy atom. The molecule has 0 aliphatic heterocycles. The van der Waals surface area contributed by atoms with Crippen LogP contribution in [0.3, 0.4) is 0 Å². The third-order valence-corrected chi connectivity index (χ3v) is 2.73. The fraction of sp³-hybridized carbons (Fsp3) is 0.500. The van der Waals surface area contributed by atoms with Gasteiger partial charge in [-0.3, -0.25) is 4.98 Å². The van der Waals surface area contributed by atoms with Gasteiger partial charge in [0.05, 0.1) is 11.4 Å². The zero-order valence-electron chi connectivity index (χ0n) is 7.38. The second-order valence-corrected chi connectivity index (χ2v) is 3.55. The molecule has 1 aliphatic carbocycles. The molecule has 1 aromatic heterocycles. The number of hydrogen-bond acceptors (Lipinski definition) is 2. The van der Waals surface area contributed by atoms with E-state index in [1.165, 1.54) is 19.3 Å². The van der Waals surface area contributed by atoms with Crippen LogP contribution in [0.1, 0.15) is 36.4 Å². The first-order valence-corrected chi connectivity index (χ1v) is 4.50. The van der Waals surface area contributed by atoms with Gasteiger partial charge in [0.1, 0.15) is 0 Å². The number of hydrogen-bond donors (Lipinski definition) is 1. The van der Waals surface area contributed by atoms with Crippen LogP contribution in [-0.2, 0) is 0 Å². The molecule has 12 heavy (non-hydrogen) atoms. The molecule has 2 rings (SSSR count). The Hall–Kier alpha value is -1.05. The summed E-state index contributed by atoms with van der Waals surface area (Å²) in [6, 6.07) is 1.97. The minimum atomic E-state index is 0.643. The molecule has 1 aliphatic rings. The molecule has 0 unspecified atom stereocenters. The first kappa shape index (κ1) is 7.59. The largest absolute Gasteiger partial charge is 0.397 e. The molecular weight excluding hydrogens is 148 g/mol. The summed E-state index contributed by atoms with van der Waals surface area (Å²) in [5, 5.41) is 0. The second kappa shape index (κ2) is 2.77. The van der Waals surface area contributed by atoms with Crippen molar-refractivity contribution in [2.45, 2.75) is 32.1 Å². The monoisotopic (exact) mass is 162 g/mol. The number of aromatic nitrogens is 1. The number of aryl methyl sites for hydroxylation is 1. The molecule has 0 spiro atoms. The van der Waals surface area contributed by atoms with Gasteiger partial charge in [-0.2, -0.15) is 0 Å². The molecule has 0 bridgehead atoms. The van der Waals surface area contributed by atoms with Crippen LogP contribution in [0.2, 0.25) is 0 Å². The van der Waals surface area contributed by atoms with Crippen molar-refractivity contribution in [2.75, 3.05) is 5.73 Å². The van der Waals surface area contributed by atoms with Gasteiger partial charge in [-0.1, -0.05) is 6.42 Å². The lowest BCUT2D eigenvalue weighted by atomic mass is 9.81. The number of nitrogen functional groups attached to an aromatic ring is 1. The highest BCUT2D eigenvalue weighted by Gasteiger charge is 2.22. The Kier molecular flexibility index (Phi) is 1.75. The lowest BCUT2D eigenvalue weighted by Crippen LogP contribution is -2.13. The first-order chi connectivity index (χ1) is 5.79. The predicted molar refractivity (Wildman–Crippen MR) is 50.0 cm³/mol. The molecule has 64 valence electrons. The van der Waals surface area contributed by atoms with E-state index >= 15 is 0 Å². The van der Waals surface area contributed by atoms with Crippen molar-refractivity contribution in [1.29, 1.82) is 0 Å². The average Bonchev–Trinajstić information content (AvgIpc) is 1.95. The van der Waals surface area contributed by atoms with E-state index in [1.54, 1.807) is 0 Å². The summed E-state index contributed by atoms with van der Waals surface area (Å²) < 4.78 is 0. The molecule has 1 fully saturated rings.